The van der Waals surface area contributed by atoms with Crippen LogP contribution in [-0.2, 0) is 4.79 Å². The molecule has 0 spiro atoms. The van der Waals surface area contributed by atoms with Crippen molar-refractivity contribution in [3.8, 4) is 5.75 Å². The van der Waals surface area contributed by atoms with Crippen molar-refractivity contribution in [1.82, 2.24) is 15.5 Å². The Hall–Kier alpha value is -2.38. The molecule has 2 rings (SSSR count). The van der Waals surface area contributed by atoms with Gasteiger partial charge in [-0.05, 0) is 43.2 Å². The zero-order chi connectivity index (χ0) is 18.2. The standard InChI is InChI=1S/C18H23N3O3S/c1-21(2)16(13-4-6-15(24-3)7-5-13)10-19-17(22)11-20-18(23)14-8-9-25-12-14/h4-9,12,16H,10-11H2,1-3H3,(H,19,22)(H,20,23). The van der Waals surface area contributed by atoms with Gasteiger partial charge in [0.1, 0.15) is 5.75 Å². The highest BCUT2D eigenvalue weighted by atomic mass is 32.1. The minimum Gasteiger partial charge on any atom is -0.497 e. The molecule has 0 saturated heterocycles. The number of hydrogen-bond donors (Lipinski definition) is 2. The summed E-state index contributed by atoms with van der Waals surface area (Å²) >= 11 is 1.44. The second kappa shape index (κ2) is 9.19. The van der Waals surface area contributed by atoms with Crippen LogP contribution in [0, 0.1) is 0 Å². The number of methoxy groups -OCH3 is 1. The molecule has 0 aliphatic carbocycles. The lowest BCUT2D eigenvalue weighted by Crippen LogP contribution is -2.40. The zero-order valence-electron chi connectivity index (χ0n) is 14.6. The molecule has 0 saturated carbocycles. The zero-order valence-corrected chi connectivity index (χ0v) is 15.4. The van der Waals surface area contributed by atoms with Crippen molar-refractivity contribution in [1.29, 1.82) is 0 Å². The summed E-state index contributed by atoms with van der Waals surface area (Å²) in [5, 5.41) is 9.06. The molecule has 1 unspecified atom stereocenters. The van der Waals surface area contributed by atoms with Crippen LogP contribution in [0.3, 0.4) is 0 Å². The molecular weight excluding hydrogens is 338 g/mol. The predicted molar refractivity (Wildman–Crippen MR) is 99.1 cm³/mol. The van der Waals surface area contributed by atoms with Crippen LogP contribution >= 0.6 is 11.3 Å². The first-order valence-corrected chi connectivity index (χ1v) is 8.83. The van der Waals surface area contributed by atoms with E-state index in [1.807, 2.05) is 48.6 Å². The van der Waals surface area contributed by atoms with Crippen molar-refractivity contribution in [3.05, 3.63) is 52.2 Å². The number of rotatable bonds is 8. The molecule has 1 aromatic carbocycles. The van der Waals surface area contributed by atoms with Gasteiger partial charge in [-0.2, -0.15) is 11.3 Å². The number of ether oxygens (including phenoxy) is 1. The molecule has 2 aromatic rings. The van der Waals surface area contributed by atoms with E-state index in [-0.39, 0.29) is 24.4 Å². The Kier molecular flexibility index (Phi) is 6.97. The molecule has 0 aliphatic heterocycles. The van der Waals surface area contributed by atoms with E-state index in [9.17, 15) is 9.59 Å². The van der Waals surface area contributed by atoms with E-state index in [2.05, 4.69) is 10.6 Å². The number of thiophene rings is 1. The quantitative estimate of drug-likeness (QED) is 0.753. The molecule has 134 valence electrons. The number of carbonyl (C=O) groups is 2. The van der Waals surface area contributed by atoms with Crippen LogP contribution in [-0.4, -0.2) is 51.0 Å². The third-order valence-corrected chi connectivity index (χ3v) is 4.49. The average molecular weight is 361 g/mol. The molecule has 6 nitrogen and oxygen atoms in total. The highest BCUT2D eigenvalue weighted by molar-refractivity contribution is 7.08. The molecule has 0 fully saturated rings. The molecule has 25 heavy (non-hydrogen) atoms. The van der Waals surface area contributed by atoms with E-state index in [0.29, 0.717) is 12.1 Å². The third-order valence-electron chi connectivity index (χ3n) is 3.81. The number of hydrogen-bond acceptors (Lipinski definition) is 5. The highest BCUT2D eigenvalue weighted by Gasteiger charge is 2.16. The van der Waals surface area contributed by atoms with Crippen LogP contribution in [0.25, 0.3) is 0 Å². The summed E-state index contributed by atoms with van der Waals surface area (Å²) in [5.74, 6) is 0.334. The maximum Gasteiger partial charge on any atom is 0.252 e. The van der Waals surface area contributed by atoms with E-state index >= 15 is 0 Å². The van der Waals surface area contributed by atoms with Gasteiger partial charge >= 0.3 is 0 Å². The molecule has 1 heterocycles. The van der Waals surface area contributed by atoms with Gasteiger partial charge in [-0.3, -0.25) is 9.59 Å². The normalized spacial score (nSPS) is 11.8. The number of amides is 2. The van der Waals surface area contributed by atoms with Crippen molar-refractivity contribution < 1.29 is 14.3 Å². The highest BCUT2D eigenvalue weighted by Crippen LogP contribution is 2.20. The minimum atomic E-state index is -0.240. The largest absolute Gasteiger partial charge is 0.497 e. The van der Waals surface area contributed by atoms with Gasteiger partial charge in [-0.15, -0.1) is 0 Å². The van der Waals surface area contributed by atoms with Gasteiger partial charge in [0.05, 0.1) is 19.7 Å². The fourth-order valence-electron chi connectivity index (χ4n) is 2.35. The molecule has 1 atom stereocenters. The molecule has 0 radical (unpaired) electrons. The van der Waals surface area contributed by atoms with E-state index in [1.165, 1.54) is 11.3 Å². The molecule has 0 bridgehead atoms. The number of nitrogens with zero attached hydrogens (tertiary/aromatic N) is 1. The van der Waals surface area contributed by atoms with Crippen LogP contribution in [0.1, 0.15) is 22.0 Å². The van der Waals surface area contributed by atoms with Gasteiger partial charge < -0.3 is 20.3 Å². The summed E-state index contributed by atoms with van der Waals surface area (Å²) in [4.78, 5) is 25.9. The lowest BCUT2D eigenvalue weighted by Gasteiger charge is -2.25. The summed E-state index contributed by atoms with van der Waals surface area (Å²) in [6.07, 6.45) is 0. The number of likely N-dealkylation sites (N-methyl/N-ethyl adjacent to an activating group) is 1. The first-order valence-electron chi connectivity index (χ1n) is 7.88. The summed E-state index contributed by atoms with van der Waals surface area (Å²) < 4.78 is 5.17. The topological polar surface area (TPSA) is 70.7 Å². The summed E-state index contributed by atoms with van der Waals surface area (Å²) in [6, 6.07) is 9.51. The average Bonchev–Trinajstić information content (AvgIpc) is 3.15. The Morgan fingerprint density at radius 3 is 2.44 bits per heavy atom. The van der Waals surface area contributed by atoms with Crippen LogP contribution in [0.2, 0.25) is 0 Å². The third kappa shape index (κ3) is 5.58. The maximum atomic E-state index is 12.0. The van der Waals surface area contributed by atoms with E-state index in [1.54, 1.807) is 18.6 Å². The van der Waals surface area contributed by atoms with E-state index in [0.717, 1.165) is 11.3 Å². The Balaban J connectivity index is 1.85. The Labute approximate surface area is 151 Å². The maximum absolute atomic E-state index is 12.0. The Morgan fingerprint density at radius 2 is 1.88 bits per heavy atom. The molecule has 2 N–H and O–H groups in total. The van der Waals surface area contributed by atoms with Gasteiger partial charge in [0, 0.05) is 17.5 Å². The minimum absolute atomic E-state index is 0.0300. The Morgan fingerprint density at radius 1 is 1.16 bits per heavy atom. The monoisotopic (exact) mass is 361 g/mol. The van der Waals surface area contributed by atoms with E-state index < -0.39 is 0 Å². The first-order chi connectivity index (χ1) is 12.0. The molecule has 7 heteroatoms. The second-order valence-corrected chi connectivity index (χ2v) is 6.53. The van der Waals surface area contributed by atoms with Crippen molar-refractivity contribution in [3.63, 3.8) is 0 Å². The first kappa shape index (κ1) is 19.0. The van der Waals surface area contributed by atoms with Crippen LogP contribution in [0.5, 0.6) is 5.75 Å². The van der Waals surface area contributed by atoms with Crippen molar-refractivity contribution in [2.24, 2.45) is 0 Å². The smallest absolute Gasteiger partial charge is 0.252 e. The number of benzene rings is 1. The van der Waals surface area contributed by atoms with E-state index in [4.69, 9.17) is 4.74 Å². The van der Waals surface area contributed by atoms with Gasteiger partial charge in [0.15, 0.2) is 0 Å². The van der Waals surface area contributed by atoms with Crippen LogP contribution in [0.4, 0.5) is 0 Å². The fraction of sp³-hybridized carbons (Fsp3) is 0.333. The molecule has 0 aliphatic rings. The lowest BCUT2D eigenvalue weighted by molar-refractivity contribution is -0.120. The van der Waals surface area contributed by atoms with Gasteiger partial charge in [-0.1, -0.05) is 12.1 Å². The van der Waals surface area contributed by atoms with Crippen LogP contribution in [0.15, 0.2) is 41.1 Å². The van der Waals surface area contributed by atoms with Gasteiger partial charge in [-0.25, -0.2) is 0 Å². The van der Waals surface area contributed by atoms with Gasteiger partial charge in [0.2, 0.25) is 5.91 Å². The second-order valence-electron chi connectivity index (χ2n) is 5.75. The fourth-order valence-corrected chi connectivity index (χ4v) is 2.99. The Bertz CT molecular complexity index is 684. The summed E-state index contributed by atoms with van der Waals surface area (Å²) in [7, 11) is 5.54. The number of nitrogens with one attached hydrogen (secondary N) is 2. The SMILES string of the molecule is COc1ccc(C(CNC(=O)CNC(=O)c2ccsc2)N(C)C)cc1. The number of carbonyl (C=O) groups excluding carboxylic acids is 2. The van der Waals surface area contributed by atoms with Crippen molar-refractivity contribution in [2.45, 2.75) is 6.04 Å². The van der Waals surface area contributed by atoms with Crippen molar-refractivity contribution >= 4 is 23.2 Å². The summed E-state index contributed by atoms with van der Waals surface area (Å²) in [5.41, 5.74) is 1.65. The van der Waals surface area contributed by atoms with Gasteiger partial charge in [0.25, 0.3) is 5.91 Å². The molecule has 1 aromatic heterocycles. The van der Waals surface area contributed by atoms with Crippen LogP contribution < -0.4 is 15.4 Å². The molecule has 2 amide bonds. The molecular formula is C18H23N3O3S. The lowest BCUT2D eigenvalue weighted by atomic mass is 10.1. The predicted octanol–water partition coefficient (Wildman–Crippen LogP) is 1.91. The summed E-state index contributed by atoms with van der Waals surface area (Å²) in [6.45, 7) is 0.407. The van der Waals surface area contributed by atoms with Crippen molar-refractivity contribution in [2.75, 3.05) is 34.3 Å².